The number of carbonyl (C=O) groups is 3. The van der Waals surface area contributed by atoms with Gasteiger partial charge in [0, 0.05) is 51.5 Å². The van der Waals surface area contributed by atoms with Crippen molar-refractivity contribution in [1.29, 1.82) is 0 Å². The minimum Gasteiger partial charge on any atom is -0.349 e. The number of amides is 2. The number of hydrogen-bond donors (Lipinski definition) is 1. The minimum absolute atomic E-state index is 0.0108. The van der Waals surface area contributed by atoms with E-state index in [1.807, 2.05) is 24.8 Å². The van der Waals surface area contributed by atoms with Crippen LogP contribution >= 0.6 is 0 Å². The molecule has 0 bridgehead atoms. The van der Waals surface area contributed by atoms with E-state index in [1.165, 1.54) is 18.5 Å². The Kier molecular flexibility index (Phi) is 7.83. The van der Waals surface area contributed by atoms with Gasteiger partial charge in [0.15, 0.2) is 0 Å². The lowest BCUT2D eigenvalue weighted by Crippen LogP contribution is -2.38. The van der Waals surface area contributed by atoms with Crippen molar-refractivity contribution in [2.75, 3.05) is 32.7 Å². The molecule has 1 N–H and O–H groups in total. The van der Waals surface area contributed by atoms with E-state index in [0.29, 0.717) is 67.6 Å². The Morgan fingerprint density at radius 2 is 1.82 bits per heavy atom. The summed E-state index contributed by atoms with van der Waals surface area (Å²) in [6.45, 7) is 7.66. The first kappa shape index (κ1) is 26.4. The van der Waals surface area contributed by atoms with Crippen molar-refractivity contribution in [3.63, 3.8) is 0 Å². The molecule has 4 atom stereocenters. The first-order valence-corrected chi connectivity index (χ1v) is 13.7. The van der Waals surface area contributed by atoms with Crippen LogP contribution < -0.4 is 5.32 Å². The Labute approximate surface area is 223 Å². The van der Waals surface area contributed by atoms with Crippen LogP contribution in [0.1, 0.15) is 65.5 Å². The van der Waals surface area contributed by atoms with E-state index in [9.17, 15) is 18.8 Å². The van der Waals surface area contributed by atoms with Gasteiger partial charge in [-0.1, -0.05) is 12.1 Å². The number of ketones is 1. The zero-order valence-corrected chi connectivity index (χ0v) is 22.2. The SMILES string of the molecule is Cc1ncnc(C)c1C(=O)N1CC2CN(CC[C@H](NC(=O)C3CCCC(=O)C3)c3cccc(F)c3)CC2C1. The van der Waals surface area contributed by atoms with E-state index in [4.69, 9.17) is 0 Å². The Bertz CT molecular complexity index is 1190. The van der Waals surface area contributed by atoms with Gasteiger partial charge < -0.3 is 15.1 Å². The van der Waals surface area contributed by atoms with E-state index >= 15 is 0 Å². The number of carbonyl (C=O) groups excluding carboxylic acids is 3. The normalized spacial score (nSPS) is 24.3. The molecule has 3 aliphatic rings. The second-order valence-electron chi connectivity index (χ2n) is 11.1. The van der Waals surface area contributed by atoms with E-state index in [1.54, 1.807) is 6.07 Å². The molecule has 202 valence electrons. The van der Waals surface area contributed by atoms with Gasteiger partial charge in [0.2, 0.25) is 5.91 Å². The summed E-state index contributed by atoms with van der Waals surface area (Å²) >= 11 is 0. The Morgan fingerprint density at radius 1 is 1.11 bits per heavy atom. The van der Waals surface area contributed by atoms with E-state index in [0.717, 1.165) is 31.6 Å². The highest BCUT2D eigenvalue weighted by molar-refractivity contribution is 5.96. The number of fused-ring (bicyclic) bond motifs is 1. The number of rotatable bonds is 7. The lowest BCUT2D eigenvalue weighted by atomic mass is 9.87. The maximum Gasteiger partial charge on any atom is 0.257 e. The van der Waals surface area contributed by atoms with Crippen LogP contribution in [0.25, 0.3) is 0 Å². The quantitative estimate of drug-likeness (QED) is 0.601. The van der Waals surface area contributed by atoms with Gasteiger partial charge in [0.05, 0.1) is 23.0 Å². The largest absolute Gasteiger partial charge is 0.349 e. The molecule has 2 aliphatic heterocycles. The van der Waals surface area contributed by atoms with Crippen molar-refractivity contribution in [2.24, 2.45) is 17.8 Å². The molecule has 3 fully saturated rings. The summed E-state index contributed by atoms with van der Waals surface area (Å²) in [5.74, 6) is 0.208. The van der Waals surface area contributed by atoms with E-state index in [-0.39, 0.29) is 35.4 Å². The predicted octanol–water partition coefficient (Wildman–Crippen LogP) is 3.24. The number of aromatic nitrogens is 2. The van der Waals surface area contributed by atoms with Crippen molar-refractivity contribution >= 4 is 17.6 Å². The summed E-state index contributed by atoms with van der Waals surface area (Å²) in [5.41, 5.74) is 2.78. The molecule has 1 saturated carbocycles. The molecule has 5 rings (SSSR count). The topological polar surface area (TPSA) is 95.5 Å². The summed E-state index contributed by atoms with van der Waals surface area (Å²) < 4.78 is 14.0. The lowest BCUT2D eigenvalue weighted by molar-refractivity contribution is -0.132. The van der Waals surface area contributed by atoms with E-state index in [2.05, 4.69) is 20.2 Å². The average Bonchev–Trinajstić information content (AvgIpc) is 3.45. The van der Waals surface area contributed by atoms with Crippen LogP contribution in [-0.2, 0) is 9.59 Å². The zero-order valence-electron chi connectivity index (χ0n) is 22.2. The van der Waals surface area contributed by atoms with Crippen molar-refractivity contribution < 1.29 is 18.8 Å². The van der Waals surface area contributed by atoms with Crippen LogP contribution in [0.5, 0.6) is 0 Å². The monoisotopic (exact) mass is 521 g/mol. The van der Waals surface area contributed by atoms with Gasteiger partial charge in [-0.25, -0.2) is 14.4 Å². The number of likely N-dealkylation sites (tertiary alicyclic amines) is 2. The Hall–Kier alpha value is -3.20. The smallest absolute Gasteiger partial charge is 0.257 e. The molecule has 3 heterocycles. The molecule has 2 saturated heterocycles. The predicted molar refractivity (Wildman–Crippen MR) is 140 cm³/mol. The van der Waals surface area contributed by atoms with Crippen molar-refractivity contribution in [2.45, 2.75) is 52.0 Å². The van der Waals surface area contributed by atoms with E-state index < -0.39 is 0 Å². The average molecular weight is 522 g/mol. The third-order valence-corrected chi connectivity index (χ3v) is 8.44. The zero-order chi connectivity index (χ0) is 26.8. The van der Waals surface area contributed by atoms with Crippen molar-refractivity contribution in [3.05, 3.63) is 58.9 Å². The van der Waals surface area contributed by atoms with Gasteiger partial charge in [0.1, 0.15) is 17.9 Å². The third kappa shape index (κ3) is 5.77. The maximum absolute atomic E-state index is 14.0. The molecule has 1 aromatic carbocycles. The highest BCUT2D eigenvalue weighted by Crippen LogP contribution is 2.33. The summed E-state index contributed by atoms with van der Waals surface area (Å²) in [6, 6.07) is 6.08. The number of aryl methyl sites for hydroxylation is 2. The minimum atomic E-state index is -0.329. The molecule has 0 radical (unpaired) electrons. The molecule has 1 aromatic heterocycles. The summed E-state index contributed by atoms with van der Waals surface area (Å²) in [7, 11) is 0. The summed E-state index contributed by atoms with van der Waals surface area (Å²) in [5, 5.41) is 3.13. The van der Waals surface area contributed by atoms with Crippen LogP contribution in [0.2, 0.25) is 0 Å². The van der Waals surface area contributed by atoms with Crippen molar-refractivity contribution in [3.8, 4) is 0 Å². The highest BCUT2D eigenvalue weighted by atomic mass is 19.1. The molecule has 8 nitrogen and oxygen atoms in total. The van der Waals surface area contributed by atoms with Gasteiger partial charge in [-0.3, -0.25) is 14.4 Å². The van der Waals surface area contributed by atoms with Crippen LogP contribution in [-0.4, -0.2) is 70.1 Å². The number of nitrogens with one attached hydrogen (secondary N) is 1. The maximum atomic E-state index is 14.0. The van der Waals surface area contributed by atoms with Crippen LogP contribution in [0.4, 0.5) is 4.39 Å². The molecular weight excluding hydrogens is 485 g/mol. The second-order valence-corrected chi connectivity index (χ2v) is 11.1. The first-order valence-electron chi connectivity index (χ1n) is 13.7. The summed E-state index contributed by atoms with van der Waals surface area (Å²) in [6.07, 6.45) is 4.45. The molecule has 3 unspecified atom stereocenters. The fourth-order valence-corrected chi connectivity index (χ4v) is 6.39. The number of benzene rings is 1. The number of halogens is 1. The Morgan fingerprint density at radius 3 is 2.47 bits per heavy atom. The van der Waals surface area contributed by atoms with Crippen LogP contribution in [0, 0.1) is 37.4 Å². The lowest BCUT2D eigenvalue weighted by Gasteiger charge is -2.27. The van der Waals surface area contributed by atoms with Gasteiger partial charge >= 0.3 is 0 Å². The van der Waals surface area contributed by atoms with Gasteiger partial charge in [-0.05, 0) is 62.6 Å². The Balaban J connectivity index is 1.19. The molecule has 38 heavy (non-hydrogen) atoms. The molecule has 2 aromatic rings. The van der Waals surface area contributed by atoms with Gasteiger partial charge in [-0.2, -0.15) is 0 Å². The van der Waals surface area contributed by atoms with Crippen LogP contribution in [0.15, 0.2) is 30.6 Å². The molecular formula is C29H36FN5O3. The van der Waals surface area contributed by atoms with Crippen LogP contribution in [0.3, 0.4) is 0 Å². The molecule has 9 heteroatoms. The number of Topliss-reactive ketones (excluding diaryl/α,β-unsaturated/α-hetero) is 1. The molecule has 1 aliphatic carbocycles. The first-order chi connectivity index (χ1) is 18.3. The van der Waals surface area contributed by atoms with Crippen molar-refractivity contribution in [1.82, 2.24) is 25.1 Å². The number of nitrogens with zero attached hydrogens (tertiary/aromatic N) is 4. The third-order valence-electron chi connectivity index (χ3n) is 8.44. The number of hydrogen-bond acceptors (Lipinski definition) is 6. The standard InChI is InChI=1S/C29H36FN5O3/c1-18-27(19(2)32-17-31-18)29(38)35-15-22-13-34(14-23(22)16-35)10-9-26(20-5-3-7-24(30)11-20)33-28(37)21-6-4-8-25(36)12-21/h3,5,7,11,17,21-23,26H,4,6,8-10,12-16H2,1-2H3,(H,33,37)/t21?,22?,23?,26-/m0/s1. The van der Waals surface area contributed by atoms with Gasteiger partial charge in [0.25, 0.3) is 5.91 Å². The second kappa shape index (κ2) is 11.3. The fraction of sp³-hybridized carbons (Fsp3) is 0.552. The molecule has 0 spiro atoms. The van der Waals surface area contributed by atoms with Gasteiger partial charge in [-0.15, -0.1) is 0 Å². The highest BCUT2D eigenvalue weighted by Gasteiger charge is 2.42. The molecule has 2 amide bonds. The summed E-state index contributed by atoms with van der Waals surface area (Å²) in [4.78, 5) is 50.8. The fourth-order valence-electron chi connectivity index (χ4n) is 6.39.